The number of aromatic nitrogens is 1. The normalized spacial score (nSPS) is 12.0. The van der Waals surface area contributed by atoms with Crippen molar-refractivity contribution < 1.29 is 0 Å². The Bertz CT molecular complexity index is 708. The van der Waals surface area contributed by atoms with Crippen LogP contribution in [-0.2, 0) is 6.54 Å². The molecule has 1 heterocycles. The second-order valence-electron chi connectivity index (χ2n) is 5.38. The van der Waals surface area contributed by atoms with Crippen LogP contribution in [0.5, 0.6) is 0 Å². The quantitative estimate of drug-likeness (QED) is 0.742. The van der Waals surface area contributed by atoms with E-state index in [-0.39, 0.29) is 6.04 Å². The molecule has 0 spiro atoms. The zero-order valence-corrected chi connectivity index (χ0v) is 12.7. The second kappa shape index (κ2) is 7.01. The first-order valence-electron chi connectivity index (χ1n) is 7.62. The molecule has 0 amide bonds. The van der Waals surface area contributed by atoms with E-state index in [4.69, 9.17) is 0 Å². The van der Waals surface area contributed by atoms with Crippen molar-refractivity contribution in [1.29, 1.82) is 0 Å². The lowest BCUT2D eigenvalue weighted by Gasteiger charge is -2.15. The van der Waals surface area contributed by atoms with Crippen molar-refractivity contribution in [2.75, 3.05) is 0 Å². The zero-order valence-electron chi connectivity index (χ0n) is 12.7. The minimum absolute atomic E-state index is 0.227. The first kappa shape index (κ1) is 14.5. The number of nitrogens with zero attached hydrogens (tertiary/aromatic N) is 1. The first-order valence-corrected chi connectivity index (χ1v) is 7.62. The summed E-state index contributed by atoms with van der Waals surface area (Å²) in [6, 6.07) is 25.3. The first-order chi connectivity index (χ1) is 10.8. The predicted molar refractivity (Wildman–Crippen MR) is 91.4 cm³/mol. The van der Waals surface area contributed by atoms with Gasteiger partial charge in [0.2, 0.25) is 0 Å². The summed E-state index contributed by atoms with van der Waals surface area (Å²) in [5, 5.41) is 3.56. The van der Waals surface area contributed by atoms with Gasteiger partial charge in [0.05, 0.1) is 5.69 Å². The van der Waals surface area contributed by atoms with E-state index in [1.165, 1.54) is 16.7 Å². The maximum atomic E-state index is 4.41. The highest BCUT2D eigenvalue weighted by atomic mass is 14.9. The van der Waals surface area contributed by atoms with Crippen molar-refractivity contribution in [1.82, 2.24) is 10.3 Å². The molecule has 0 saturated carbocycles. The number of rotatable bonds is 5. The Morgan fingerprint density at radius 1 is 0.864 bits per heavy atom. The maximum Gasteiger partial charge on any atom is 0.0570 e. The molecule has 1 atom stereocenters. The average Bonchev–Trinajstić information content (AvgIpc) is 2.61. The van der Waals surface area contributed by atoms with Crippen LogP contribution in [0.3, 0.4) is 0 Å². The Kier molecular flexibility index (Phi) is 4.62. The molecule has 2 aromatic carbocycles. The van der Waals surface area contributed by atoms with Crippen molar-refractivity contribution >= 4 is 0 Å². The number of benzene rings is 2. The van der Waals surface area contributed by atoms with Gasteiger partial charge in [-0.15, -0.1) is 0 Å². The van der Waals surface area contributed by atoms with Gasteiger partial charge in [-0.25, -0.2) is 0 Å². The fraction of sp³-hybridized carbons (Fsp3) is 0.150. The van der Waals surface area contributed by atoms with Crippen molar-refractivity contribution in [2.24, 2.45) is 0 Å². The van der Waals surface area contributed by atoms with Crippen LogP contribution in [-0.4, -0.2) is 4.98 Å². The molecule has 0 fully saturated rings. The average molecular weight is 288 g/mol. The summed E-state index contributed by atoms with van der Waals surface area (Å²) in [6.45, 7) is 2.97. The van der Waals surface area contributed by atoms with Crippen molar-refractivity contribution in [3.05, 3.63) is 90.3 Å². The standard InChI is InChI=1S/C20H20N2/c1-16(20-13-7-8-14-21-20)22-15-18-11-5-6-12-19(18)17-9-3-2-4-10-17/h2-14,16,22H,15H2,1H3/t16-/m1/s1. The third kappa shape index (κ3) is 3.41. The van der Waals surface area contributed by atoms with Crippen molar-refractivity contribution in [2.45, 2.75) is 19.5 Å². The van der Waals surface area contributed by atoms with E-state index in [0.717, 1.165) is 12.2 Å². The number of hydrogen-bond donors (Lipinski definition) is 1. The molecule has 0 radical (unpaired) electrons. The van der Waals surface area contributed by atoms with Gasteiger partial charge >= 0.3 is 0 Å². The summed E-state index contributed by atoms with van der Waals surface area (Å²) < 4.78 is 0. The van der Waals surface area contributed by atoms with E-state index in [0.29, 0.717) is 0 Å². The van der Waals surface area contributed by atoms with E-state index < -0.39 is 0 Å². The number of nitrogens with one attached hydrogen (secondary N) is 1. The van der Waals surface area contributed by atoms with Crippen molar-refractivity contribution in [3.8, 4) is 11.1 Å². The van der Waals surface area contributed by atoms with Crippen LogP contribution >= 0.6 is 0 Å². The molecule has 3 aromatic rings. The smallest absolute Gasteiger partial charge is 0.0570 e. The Hall–Kier alpha value is -2.45. The van der Waals surface area contributed by atoms with Gasteiger partial charge in [0.25, 0.3) is 0 Å². The molecule has 22 heavy (non-hydrogen) atoms. The molecular formula is C20H20N2. The predicted octanol–water partition coefficient (Wildman–Crippen LogP) is 4.60. The summed E-state index contributed by atoms with van der Waals surface area (Å²) >= 11 is 0. The summed E-state index contributed by atoms with van der Waals surface area (Å²) in [5.41, 5.74) is 4.91. The molecule has 1 aromatic heterocycles. The van der Waals surface area contributed by atoms with Gasteiger partial charge in [-0.3, -0.25) is 4.98 Å². The molecule has 2 nitrogen and oxygen atoms in total. The van der Waals surface area contributed by atoms with Crippen LogP contribution in [0.15, 0.2) is 79.0 Å². The molecule has 0 bridgehead atoms. The summed E-state index contributed by atoms with van der Waals surface area (Å²) in [6.07, 6.45) is 1.84. The minimum Gasteiger partial charge on any atom is -0.305 e. The van der Waals surface area contributed by atoms with E-state index in [9.17, 15) is 0 Å². The third-order valence-corrected chi connectivity index (χ3v) is 3.83. The fourth-order valence-electron chi connectivity index (χ4n) is 2.57. The van der Waals surface area contributed by atoms with Gasteiger partial charge in [0.1, 0.15) is 0 Å². The molecule has 0 aliphatic rings. The SMILES string of the molecule is C[C@@H](NCc1ccccc1-c1ccccc1)c1ccccn1. The monoisotopic (exact) mass is 288 g/mol. The fourth-order valence-corrected chi connectivity index (χ4v) is 2.57. The molecule has 0 aliphatic heterocycles. The van der Waals surface area contributed by atoms with Crippen LogP contribution in [0.1, 0.15) is 24.2 Å². The Balaban J connectivity index is 1.76. The lowest BCUT2D eigenvalue weighted by molar-refractivity contribution is 0.562. The van der Waals surface area contributed by atoms with E-state index in [1.807, 2.05) is 24.4 Å². The molecule has 0 saturated heterocycles. The molecule has 1 N–H and O–H groups in total. The molecule has 3 rings (SSSR count). The van der Waals surface area contributed by atoms with Crippen LogP contribution in [0.2, 0.25) is 0 Å². The highest BCUT2D eigenvalue weighted by Gasteiger charge is 2.08. The van der Waals surface area contributed by atoms with Crippen LogP contribution in [0.4, 0.5) is 0 Å². The largest absolute Gasteiger partial charge is 0.305 e. The Morgan fingerprint density at radius 2 is 1.59 bits per heavy atom. The lowest BCUT2D eigenvalue weighted by Crippen LogP contribution is -2.19. The van der Waals surface area contributed by atoms with Gasteiger partial charge in [0, 0.05) is 18.8 Å². The van der Waals surface area contributed by atoms with E-state index in [1.54, 1.807) is 0 Å². The van der Waals surface area contributed by atoms with Crippen LogP contribution in [0.25, 0.3) is 11.1 Å². The summed E-state index contributed by atoms with van der Waals surface area (Å²) in [5.74, 6) is 0. The van der Waals surface area contributed by atoms with E-state index in [2.05, 4.69) is 71.8 Å². The second-order valence-corrected chi connectivity index (χ2v) is 5.38. The zero-order chi connectivity index (χ0) is 15.2. The molecular weight excluding hydrogens is 268 g/mol. The topological polar surface area (TPSA) is 24.9 Å². The van der Waals surface area contributed by atoms with Gasteiger partial charge < -0.3 is 5.32 Å². The number of pyridine rings is 1. The molecule has 0 unspecified atom stereocenters. The van der Waals surface area contributed by atoms with Gasteiger partial charge in [-0.05, 0) is 35.7 Å². The van der Waals surface area contributed by atoms with Gasteiger partial charge in [-0.1, -0.05) is 60.7 Å². The van der Waals surface area contributed by atoms with Gasteiger partial charge in [0.15, 0.2) is 0 Å². The van der Waals surface area contributed by atoms with E-state index >= 15 is 0 Å². The highest BCUT2D eigenvalue weighted by Crippen LogP contribution is 2.23. The van der Waals surface area contributed by atoms with Crippen LogP contribution in [0, 0.1) is 0 Å². The van der Waals surface area contributed by atoms with Gasteiger partial charge in [-0.2, -0.15) is 0 Å². The number of hydrogen-bond acceptors (Lipinski definition) is 2. The molecule has 110 valence electrons. The Labute approximate surface area is 131 Å². The molecule has 2 heteroatoms. The Morgan fingerprint density at radius 3 is 2.36 bits per heavy atom. The van der Waals surface area contributed by atoms with Crippen molar-refractivity contribution in [3.63, 3.8) is 0 Å². The summed E-state index contributed by atoms with van der Waals surface area (Å²) in [4.78, 5) is 4.41. The summed E-state index contributed by atoms with van der Waals surface area (Å²) in [7, 11) is 0. The minimum atomic E-state index is 0.227. The maximum absolute atomic E-state index is 4.41. The lowest BCUT2D eigenvalue weighted by atomic mass is 9.99. The molecule has 0 aliphatic carbocycles. The third-order valence-electron chi connectivity index (χ3n) is 3.83. The van der Waals surface area contributed by atoms with Crippen LogP contribution < -0.4 is 5.32 Å². The highest BCUT2D eigenvalue weighted by molar-refractivity contribution is 5.67.